The molecule has 0 spiro atoms. The Hall–Kier alpha value is -1.49. The van der Waals surface area contributed by atoms with E-state index in [1.807, 2.05) is 18.7 Å². The van der Waals surface area contributed by atoms with Crippen LogP contribution in [-0.2, 0) is 4.79 Å². The van der Waals surface area contributed by atoms with E-state index < -0.39 is 11.6 Å². The molecule has 4 heterocycles. The van der Waals surface area contributed by atoms with Crippen LogP contribution in [0.5, 0.6) is 0 Å². The van der Waals surface area contributed by atoms with Gasteiger partial charge in [-0.3, -0.25) is 9.69 Å². The van der Waals surface area contributed by atoms with Crippen LogP contribution in [0.1, 0.15) is 38.2 Å². The molecular weight excluding hydrogens is 310 g/mol. The van der Waals surface area contributed by atoms with E-state index in [1.165, 1.54) is 12.1 Å². The van der Waals surface area contributed by atoms with Gasteiger partial charge in [0.05, 0.1) is 6.04 Å². The normalized spacial score (nSPS) is 34.7. The standard InChI is InChI=1S/C19H24F2N2O/c1-11(2)19(24)23-10-16(13-7-14(20)9-15(21)8-13)18-17(23)12-3-5-22(18)6-4-12/h7-9,11-12,16-18H,3-6,10H2,1-2H3/t16-,17-,18-/m1/s1. The molecule has 0 N–H and O–H groups in total. The molecule has 4 aliphatic heterocycles. The van der Waals surface area contributed by atoms with Crippen molar-refractivity contribution in [1.29, 1.82) is 0 Å². The number of fused-ring (bicyclic) bond motifs is 2. The van der Waals surface area contributed by atoms with Crippen molar-refractivity contribution in [2.75, 3.05) is 19.6 Å². The quantitative estimate of drug-likeness (QED) is 0.830. The monoisotopic (exact) mass is 334 g/mol. The van der Waals surface area contributed by atoms with Gasteiger partial charge in [-0.2, -0.15) is 0 Å². The number of hydrogen-bond acceptors (Lipinski definition) is 2. The van der Waals surface area contributed by atoms with E-state index in [0.717, 1.165) is 32.0 Å². The highest BCUT2D eigenvalue weighted by atomic mass is 19.1. The summed E-state index contributed by atoms with van der Waals surface area (Å²) in [6, 6.07) is 4.19. The van der Waals surface area contributed by atoms with Crippen molar-refractivity contribution in [1.82, 2.24) is 9.80 Å². The summed E-state index contributed by atoms with van der Waals surface area (Å²) in [6.07, 6.45) is 2.24. The molecular formula is C19H24F2N2O. The first-order chi connectivity index (χ1) is 11.5. The minimum Gasteiger partial charge on any atom is -0.337 e. The lowest BCUT2D eigenvalue weighted by Gasteiger charge is -2.51. The lowest BCUT2D eigenvalue weighted by molar-refractivity contribution is -0.139. The Labute approximate surface area is 141 Å². The summed E-state index contributed by atoms with van der Waals surface area (Å²) in [4.78, 5) is 17.2. The molecule has 4 aliphatic rings. The summed E-state index contributed by atoms with van der Waals surface area (Å²) >= 11 is 0. The smallest absolute Gasteiger partial charge is 0.225 e. The Balaban J connectivity index is 1.73. The fourth-order valence-electron chi connectivity index (χ4n) is 5.09. The molecule has 0 saturated carbocycles. The predicted octanol–water partition coefficient (Wildman–Crippen LogP) is 3.01. The molecule has 24 heavy (non-hydrogen) atoms. The van der Waals surface area contributed by atoms with Gasteiger partial charge in [0.1, 0.15) is 11.6 Å². The van der Waals surface area contributed by atoms with Crippen molar-refractivity contribution in [2.24, 2.45) is 11.8 Å². The number of halogens is 2. The zero-order valence-corrected chi connectivity index (χ0v) is 14.2. The highest BCUT2D eigenvalue weighted by Gasteiger charge is 2.54. The number of likely N-dealkylation sites (tertiary alicyclic amines) is 1. The molecule has 0 unspecified atom stereocenters. The molecule has 0 radical (unpaired) electrons. The third-order valence-electron chi connectivity index (χ3n) is 6.08. The topological polar surface area (TPSA) is 23.6 Å². The van der Waals surface area contributed by atoms with Crippen LogP contribution in [0.2, 0.25) is 0 Å². The van der Waals surface area contributed by atoms with Crippen LogP contribution >= 0.6 is 0 Å². The summed E-state index contributed by atoms with van der Waals surface area (Å²) in [5.41, 5.74) is 0.689. The predicted molar refractivity (Wildman–Crippen MR) is 87.5 cm³/mol. The Kier molecular flexibility index (Phi) is 3.87. The SMILES string of the molecule is CC(C)C(=O)N1C[C@H](c2cc(F)cc(F)c2)[C@@H]2[C@H]1C1CCN2CC1. The average Bonchev–Trinajstić information content (AvgIpc) is 2.97. The zero-order valence-electron chi connectivity index (χ0n) is 14.2. The number of piperidine rings is 3. The van der Waals surface area contributed by atoms with Crippen LogP contribution < -0.4 is 0 Å². The van der Waals surface area contributed by atoms with Crippen molar-refractivity contribution in [2.45, 2.75) is 44.7 Å². The summed E-state index contributed by atoms with van der Waals surface area (Å²) in [5.74, 6) is -0.448. The first-order valence-electron chi connectivity index (χ1n) is 8.96. The Morgan fingerprint density at radius 1 is 1.08 bits per heavy atom. The zero-order chi connectivity index (χ0) is 17.0. The van der Waals surface area contributed by atoms with Crippen molar-refractivity contribution in [3.8, 4) is 0 Å². The summed E-state index contributed by atoms with van der Waals surface area (Å²) in [6.45, 7) is 6.48. The molecule has 1 aromatic rings. The molecule has 130 valence electrons. The number of carbonyl (C=O) groups excluding carboxylic acids is 1. The second kappa shape index (κ2) is 5.80. The van der Waals surface area contributed by atoms with E-state index in [9.17, 15) is 13.6 Å². The van der Waals surface area contributed by atoms with Gasteiger partial charge in [-0.05, 0) is 49.5 Å². The molecule has 4 fully saturated rings. The van der Waals surface area contributed by atoms with Gasteiger partial charge < -0.3 is 4.90 Å². The number of carbonyl (C=O) groups is 1. The maximum atomic E-state index is 13.7. The van der Waals surface area contributed by atoms with Crippen molar-refractivity contribution < 1.29 is 13.6 Å². The van der Waals surface area contributed by atoms with Crippen molar-refractivity contribution in [3.05, 3.63) is 35.4 Å². The number of benzene rings is 1. The number of amides is 1. The van der Waals surface area contributed by atoms with Gasteiger partial charge in [0.2, 0.25) is 5.91 Å². The lowest BCUT2D eigenvalue weighted by atomic mass is 9.75. The maximum Gasteiger partial charge on any atom is 0.225 e. The van der Waals surface area contributed by atoms with Crippen LogP contribution in [0.15, 0.2) is 18.2 Å². The largest absolute Gasteiger partial charge is 0.337 e. The Morgan fingerprint density at radius 2 is 1.71 bits per heavy atom. The molecule has 5 heteroatoms. The van der Waals surface area contributed by atoms with E-state index in [2.05, 4.69) is 4.90 Å². The number of hydrogen-bond donors (Lipinski definition) is 0. The van der Waals surface area contributed by atoms with Gasteiger partial charge in [0.25, 0.3) is 0 Å². The highest BCUT2D eigenvalue weighted by molar-refractivity contribution is 5.79. The van der Waals surface area contributed by atoms with Crippen LogP contribution in [-0.4, -0.2) is 47.4 Å². The minimum atomic E-state index is -0.536. The molecule has 1 amide bonds. The lowest BCUT2D eigenvalue weighted by Crippen LogP contribution is -2.61. The molecule has 0 aromatic heterocycles. The van der Waals surface area contributed by atoms with Gasteiger partial charge in [-0.25, -0.2) is 8.78 Å². The van der Waals surface area contributed by atoms with E-state index in [4.69, 9.17) is 0 Å². The van der Waals surface area contributed by atoms with E-state index in [0.29, 0.717) is 18.0 Å². The summed E-state index contributed by atoms with van der Waals surface area (Å²) in [5, 5.41) is 0. The van der Waals surface area contributed by atoms with E-state index >= 15 is 0 Å². The highest BCUT2D eigenvalue weighted by Crippen LogP contribution is 2.47. The molecule has 1 aromatic carbocycles. The van der Waals surface area contributed by atoms with Crippen LogP contribution in [0, 0.1) is 23.5 Å². The van der Waals surface area contributed by atoms with Gasteiger partial charge in [-0.1, -0.05) is 13.8 Å². The number of nitrogens with zero attached hydrogens (tertiary/aromatic N) is 2. The Bertz CT molecular complexity index is 635. The fourth-order valence-corrected chi connectivity index (χ4v) is 5.09. The molecule has 4 saturated heterocycles. The van der Waals surface area contributed by atoms with Gasteiger partial charge in [-0.15, -0.1) is 0 Å². The van der Waals surface area contributed by atoms with Gasteiger partial charge in [0, 0.05) is 30.5 Å². The third kappa shape index (κ3) is 2.44. The molecule has 3 atom stereocenters. The van der Waals surface area contributed by atoms with Crippen LogP contribution in [0.4, 0.5) is 8.78 Å². The first kappa shape index (κ1) is 16.0. The van der Waals surface area contributed by atoms with Crippen molar-refractivity contribution >= 4 is 5.91 Å². The molecule has 2 bridgehead atoms. The summed E-state index contributed by atoms with van der Waals surface area (Å²) < 4.78 is 27.5. The second-order valence-corrected chi connectivity index (χ2v) is 7.81. The average molecular weight is 334 g/mol. The third-order valence-corrected chi connectivity index (χ3v) is 6.08. The molecule has 0 aliphatic carbocycles. The number of rotatable bonds is 2. The van der Waals surface area contributed by atoms with E-state index in [-0.39, 0.29) is 29.8 Å². The minimum absolute atomic E-state index is 0.00833. The Morgan fingerprint density at radius 3 is 2.29 bits per heavy atom. The van der Waals surface area contributed by atoms with Crippen molar-refractivity contribution in [3.63, 3.8) is 0 Å². The first-order valence-corrected chi connectivity index (χ1v) is 8.96. The molecule has 5 rings (SSSR count). The molecule has 3 nitrogen and oxygen atoms in total. The van der Waals surface area contributed by atoms with Crippen LogP contribution in [0.25, 0.3) is 0 Å². The second-order valence-electron chi connectivity index (χ2n) is 7.81. The van der Waals surface area contributed by atoms with Gasteiger partial charge in [0.15, 0.2) is 0 Å². The van der Waals surface area contributed by atoms with Crippen LogP contribution in [0.3, 0.4) is 0 Å². The fraction of sp³-hybridized carbons (Fsp3) is 0.632. The van der Waals surface area contributed by atoms with E-state index in [1.54, 1.807) is 0 Å². The summed E-state index contributed by atoms with van der Waals surface area (Å²) in [7, 11) is 0. The maximum absolute atomic E-state index is 13.7. The van der Waals surface area contributed by atoms with Gasteiger partial charge >= 0.3 is 0 Å².